The highest BCUT2D eigenvalue weighted by Crippen LogP contribution is 2.20. The molecule has 13 heteroatoms. The van der Waals surface area contributed by atoms with Crippen LogP contribution in [0.2, 0.25) is 5.15 Å². The van der Waals surface area contributed by atoms with Crippen LogP contribution in [0.5, 0.6) is 0 Å². The van der Waals surface area contributed by atoms with Crippen molar-refractivity contribution in [1.82, 2.24) is 25.5 Å². The number of aliphatic imine (C=N–C) groups is 1. The van der Waals surface area contributed by atoms with Crippen LogP contribution in [0.4, 0.5) is 11.6 Å². The quantitative estimate of drug-likeness (QED) is 0.203. The zero-order valence-corrected chi connectivity index (χ0v) is 19.9. The highest BCUT2D eigenvalue weighted by molar-refractivity contribution is 6.31. The second-order valence-electron chi connectivity index (χ2n) is 9.36. The van der Waals surface area contributed by atoms with Gasteiger partial charge in [-0.05, 0) is 25.7 Å². The first-order valence-electron chi connectivity index (χ1n) is 11.1. The van der Waals surface area contributed by atoms with Crippen molar-refractivity contribution in [2.45, 2.75) is 37.8 Å². The molecule has 1 aromatic rings. The molecule has 2 heterocycles. The zero-order chi connectivity index (χ0) is 24.2. The van der Waals surface area contributed by atoms with E-state index in [2.05, 4.69) is 44.6 Å². The number of anilines is 2. The van der Waals surface area contributed by atoms with Crippen molar-refractivity contribution in [1.29, 1.82) is 0 Å². The third-order valence-corrected chi connectivity index (χ3v) is 6.46. The molecular formula is C20H34ClN10O2+. The van der Waals surface area contributed by atoms with Gasteiger partial charge in [-0.1, -0.05) is 11.6 Å². The summed E-state index contributed by atoms with van der Waals surface area (Å²) in [5.41, 5.74) is 16.9. The lowest BCUT2D eigenvalue weighted by Gasteiger charge is -2.39. The summed E-state index contributed by atoms with van der Waals surface area (Å²) >= 11 is 5.80. The molecule has 1 aromatic heterocycles. The van der Waals surface area contributed by atoms with E-state index in [0.29, 0.717) is 6.54 Å². The number of nitrogens with two attached hydrogens (primary N) is 3. The van der Waals surface area contributed by atoms with Crippen molar-refractivity contribution < 1.29 is 14.1 Å². The van der Waals surface area contributed by atoms with Gasteiger partial charge in [0.25, 0.3) is 0 Å². The highest BCUT2D eigenvalue weighted by Gasteiger charge is 2.27. The maximum atomic E-state index is 12.4. The summed E-state index contributed by atoms with van der Waals surface area (Å²) in [7, 11) is 4.43. The van der Waals surface area contributed by atoms with Crippen LogP contribution in [0.3, 0.4) is 0 Å². The predicted molar refractivity (Wildman–Crippen MR) is 127 cm³/mol. The van der Waals surface area contributed by atoms with Gasteiger partial charge in [-0.25, -0.2) is 9.97 Å². The molecule has 12 nitrogen and oxygen atoms in total. The maximum absolute atomic E-state index is 12.4. The Labute approximate surface area is 198 Å². The zero-order valence-electron chi connectivity index (χ0n) is 19.2. The molecule has 1 aliphatic heterocycles. The van der Waals surface area contributed by atoms with Crippen molar-refractivity contribution in [3.63, 3.8) is 0 Å². The Kier molecular flexibility index (Phi) is 7.92. The number of hydrogen-bond donors (Lipinski definition) is 5. The topological polar surface area (TPSA) is 178 Å². The van der Waals surface area contributed by atoms with Gasteiger partial charge in [-0.2, -0.15) is 4.99 Å². The number of aromatic nitrogens is 2. The fourth-order valence-corrected chi connectivity index (χ4v) is 4.19. The number of nitrogens with one attached hydrogen (secondary N) is 2. The summed E-state index contributed by atoms with van der Waals surface area (Å²) in [6, 6.07) is 0.189. The molecule has 0 aromatic carbocycles. The number of guanidine groups is 1. The fraction of sp³-hybridized carbons (Fsp3) is 0.650. The van der Waals surface area contributed by atoms with Crippen LogP contribution in [0.15, 0.2) is 4.99 Å². The molecule has 2 aliphatic rings. The second kappa shape index (κ2) is 10.5. The monoisotopic (exact) mass is 481 g/mol. The number of hydrogen-bond acceptors (Lipinski definition) is 7. The number of carbonyl (C=O) groups excluding carboxylic acids is 2. The average molecular weight is 482 g/mol. The van der Waals surface area contributed by atoms with Gasteiger partial charge in [-0.15, -0.1) is 0 Å². The van der Waals surface area contributed by atoms with Crippen molar-refractivity contribution in [3.8, 4) is 0 Å². The number of nitrogen functional groups attached to an aromatic ring is 2. The lowest BCUT2D eigenvalue weighted by molar-refractivity contribution is -0.894. The maximum Gasteiger partial charge on any atom is 0.302 e. The van der Waals surface area contributed by atoms with E-state index in [1.165, 1.54) is 0 Å². The number of amides is 2. The van der Waals surface area contributed by atoms with Crippen LogP contribution in [0.1, 0.15) is 36.2 Å². The van der Waals surface area contributed by atoms with Crippen LogP contribution >= 0.6 is 11.6 Å². The Morgan fingerprint density at radius 3 is 2.24 bits per heavy atom. The number of rotatable bonds is 5. The van der Waals surface area contributed by atoms with Crippen molar-refractivity contribution >= 4 is 41.0 Å². The molecule has 3 rings (SSSR count). The number of likely N-dealkylation sites (N-methyl/N-ethyl adjacent to an activating group) is 1. The van der Waals surface area contributed by atoms with E-state index < -0.39 is 5.91 Å². The number of nitrogens with zero attached hydrogens (tertiary/aromatic N) is 5. The first-order valence-corrected chi connectivity index (χ1v) is 11.5. The lowest BCUT2D eigenvalue weighted by Crippen LogP contribution is -2.56. The van der Waals surface area contributed by atoms with Gasteiger partial charge < -0.3 is 32.3 Å². The Morgan fingerprint density at radius 1 is 1.06 bits per heavy atom. The molecule has 1 saturated heterocycles. The minimum absolute atomic E-state index is 0.0342. The minimum atomic E-state index is -0.757. The Hall–Kier alpha value is -2.70. The summed E-state index contributed by atoms with van der Waals surface area (Å²) in [5, 5.41) is 6.07. The van der Waals surface area contributed by atoms with Crippen LogP contribution in [-0.4, -0.2) is 96.0 Å². The minimum Gasteiger partial charge on any atom is -0.382 e. The van der Waals surface area contributed by atoms with Gasteiger partial charge in [0.15, 0.2) is 28.4 Å². The van der Waals surface area contributed by atoms with E-state index in [1.807, 2.05) is 0 Å². The summed E-state index contributed by atoms with van der Waals surface area (Å²) in [4.78, 5) is 38.4. The van der Waals surface area contributed by atoms with Crippen LogP contribution in [-0.2, 0) is 4.79 Å². The molecule has 0 spiro atoms. The standard InChI is InChI=1S/C20H33ClN10O2/c1-31(2)9-7-30(8-10-31)11-14(32)25-12-3-5-13(6-4-12)26-20(24)29-19(33)15-17(22)28-18(23)16(21)27-15/h12-13H,3-11H2,1-2H3,(H7-,22,23,24,25,26,28,29,32,33)/p+1/t12-,13-. The fourth-order valence-electron chi connectivity index (χ4n) is 4.07. The van der Waals surface area contributed by atoms with Gasteiger partial charge in [0, 0.05) is 25.2 Å². The summed E-state index contributed by atoms with van der Waals surface area (Å²) in [6.07, 6.45) is 3.22. The summed E-state index contributed by atoms with van der Waals surface area (Å²) in [6.45, 7) is 4.43. The normalized spacial score (nSPS) is 23.7. The molecule has 0 unspecified atom stereocenters. The van der Waals surface area contributed by atoms with Gasteiger partial charge in [0.05, 0.1) is 33.7 Å². The molecule has 2 fully saturated rings. The first-order chi connectivity index (χ1) is 15.5. The highest BCUT2D eigenvalue weighted by atomic mass is 35.5. The van der Waals surface area contributed by atoms with Crippen molar-refractivity contribution in [2.24, 2.45) is 10.7 Å². The third kappa shape index (κ3) is 7.14. The van der Waals surface area contributed by atoms with Crippen molar-refractivity contribution in [2.75, 3.05) is 58.3 Å². The van der Waals surface area contributed by atoms with Crippen LogP contribution < -0.4 is 27.8 Å². The molecule has 0 atom stereocenters. The predicted octanol–water partition coefficient (Wildman–Crippen LogP) is -0.842. The van der Waals surface area contributed by atoms with Crippen LogP contribution in [0, 0.1) is 0 Å². The molecule has 0 radical (unpaired) electrons. The van der Waals surface area contributed by atoms with Gasteiger partial charge in [0.2, 0.25) is 5.91 Å². The Balaban J connectivity index is 1.42. The van der Waals surface area contributed by atoms with Crippen molar-refractivity contribution in [3.05, 3.63) is 10.8 Å². The molecule has 33 heavy (non-hydrogen) atoms. The molecule has 1 aliphatic carbocycles. The Morgan fingerprint density at radius 2 is 1.64 bits per heavy atom. The van der Waals surface area contributed by atoms with E-state index in [9.17, 15) is 9.59 Å². The SMILES string of the molecule is C[N+]1(C)CCN(CC(=O)N[C@H]2CC[C@H](N/C(N)=N/C(=O)c3nc(Cl)c(N)nc3N)CC2)CC1. The van der Waals surface area contributed by atoms with E-state index in [4.69, 9.17) is 28.8 Å². The van der Waals surface area contributed by atoms with Gasteiger partial charge in [0.1, 0.15) is 0 Å². The lowest BCUT2D eigenvalue weighted by atomic mass is 9.91. The third-order valence-electron chi connectivity index (χ3n) is 6.18. The molecule has 0 bridgehead atoms. The molecule has 182 valence electrons. The Bertz CT molecular complexity index is 904. The number of quaternary nitrogens is 1. The van der Waals surface area contributed by atoms with E-state index in [-0.39, 0.29) is 46.4 Å². The summed E-state index contributed by atoms with van der Waals surface area (Å²) in [5.74, 6) is -0.947. The second-order valence-corrected chi connectivity index (χ2v) is 9.71. The van der Waals surface area contributed by atoms with Gasteiger partial charge in [-0.3, -0.25) is 14.5 Å². The number of halogens is 1. The average Bonchev–Trinajstić information content (AvgIpc) is 2.73. The van der Waals surface area contributed by atoms with E-state index in [1.54, 1.807) is 0 Å². The number of piperazine rings is 1. The van der Waals surface area contributed by atoms with E-state index in [0.717, 1.165) is 56.3 Å². The van der Waals surface area contributed by atoms with Crippen LogP contribution in [0.25, 0.3) is 0 Å². The number of carbonyl (C=O) groups is 2. The van der Waals surface area contributed by atoms with E-state index >= 15 is 0 Å². The smallest absolute Gasteiger partial charge is 0.302 e. The first kappa shape index (κ1) is 24.9. The molecular weight excluding hydrogens is 448 g/mol. The molecule has 8 N–H and O–H groups in total. The van der Waals surface area contributed by atoms with Gasteiger partial charge >= 0.3 is 5.91 Å². The molecule has 2 amide bonds. The summed E-state index contributed by atoms with van der Waals surface area (Å²) < 4.78 is 1.00. The largest absolute Gasteiger partial charge is 0.382 e. The molecule has 1 saturated carbocycles.